The number of carboxylic acid groups (broad SMARTS) is 4. The van der Waals surface area contributed by atoms with E-state index >= 15 is 0 Å². The maximum Gasteiger partial charge on any atom is 0.338 e. The molecule has 0 radical (unpaired) electrons. The molecule has 0 heterocycles. The minimum Gasteiger partial charge on any atom is -0.478 e. The van der Waals surface area contributed by atoms with Crippen LogP contribution in [0.15, 0.2) is 30.3 Å². The third-order valence-corrected chi connectivity index (χ3v) is 3.66. The van der Waals surface area contributed by atoms with Gasteiger partial charge in [0.15, 0.2) is 5.78 Å². The van der Waals surface area contributed by atoms with Gasteiger partial charge < -0.3 is 26.2 Å². The molecule has 0 unspecified atom stereocenters. The van der Waals surface area contributed by atoms with Crippen LogP contribution in [0.2, 0.25) is 0 Å². The van der Waals surface area contributed by atoms with Gasteiger partial charge >= 0.3 is 23.9 Å². The Labute approximate surface area is 150 Å². The molecule has 138 valence electrons. The summed E-state index contributed by atoms with van der Waals surface area (Å²) in [6, 6.07) is 6.98. The molecule has 6 N–H and O–H groups in total. The second-order valence-corrected chi connectivity index (χ2v) is 5.20. The first-order valence-electron chi connectivity index (χ1n) is 7.11. The van der Waals surface area contributed by atoms with E-state index in [1.807, 2.05) is 0 Å². The summed E-state index contributed by atoms with van der Waals surface area (Å²) in [5.74, 6) is -8.98. The van der Waals surface area contributed by atoms with Crippen LogP contribution in [0.25, 0.3) is 0 Å². The first-order chi connectivity index (χ1) is 12.6. The number of carbonyl (C=O) groups excluding carboxylic acids is 1. The second kappa shape index (κ2) is 6.96. The SMILES string of the molecule is Nc1c(C(=O)O)c(C(=O)O)c(C(=O)O)c(C(=O)O)c1C(=O)c1ccccc1. The number of benzene rings is 2. The van der Waals surface area contributed by atoms with Crippen molar-refractivity contribution in [3.05, 3.63) is 63.7 Å². The molecule has 0 amide bonds. The Kier molecular flexibility index (Phi) is 4.93. The summed E-state index contributed by atoms with van der Waals surface area (Å²) < 4.78 is 0. The summed E-state index contributed by atoms with van der Waals surface area (Å²) >= 11 is 0. The van der Waals surface area contributed by atoms with Gasteiger partial charge in [-0.25, -0.2) is 19.2 Å². The largest absolute Gasteiger partial charge is 0.478 e. The van der Waals surface area contributed by atoms with Gasteiger partial charge in [0, 0.05) is 5.56 Å². The summed E-state index contributed by atoms with van der Waals surface area (Å²) in [6.45, 7) is 0. The Balaban J connectivity index is 3.11. The lowest BCUT2D eigenvalue weighted by Crippen LogP contribution is -2.25. The lowest BCUT2D eigenvalue weighted by atomic mass is 9.86. The highest BCUT2D eigenvalue weighted by atomic mass is 16.4. The summed E-state index contributed by atoms with van der Waals surface area (Å²) in [4.78, 5) is 59.0. The molecule has 27 heavy (non-hydrogen) atoms. The van der Waals surface area contributed by atoms with Gasteiger partial charge in [-0.05, 0) is 0 Å². The summed E-state index contributed by atoms with van der Waals surface area (Å²) in [7, 11) is 0. The topological polar surface area (TPSA) is 192 Å². The average Bonchev–Trinajstić information content (AvgIpc) is 2.59. The molecule has 0 saturated carbocycles. The zero-order valence-corrected chi connectivity index (χ0v) is 13.3. The van der Waals surface area contributed by atoms with Crippen LogP contribution in [-0.4, -0.2) is 50.1 Å². The van der Waals surface area contributed by atoms with Crippen LogP contribution in [0, 0.1) is 0 Å². The van der Waals surface area contributed by atoms with E-state index < -0.39 is 63.2 Å². The lowest BCUT2D eigenvalue weighted by Gasteiger charge is -2.17. The van der Waals surface area contributed by atoms with Crippen LogP contribution >= 0.6 is 0 Å². The molecule has 0 aromatic heterocycles. The summed E-state index contributed by atoms with van der Waals surface area (Å²) in [5, 5.41) is 37.4. The predicted octanol–water partition coefficient (Wildman–Crippen LogP) is 1.29. The molecule has 0 aliphatic rings. The van der Waals surface area contributed by atoms with Crippen molar-refractivity contribution in [2.45, 2.75) is 0 Å². The van der Waals surface area contributed by atoms with Crippen LogP contribution in [0.5, 0.6) is 0 Å². The van der Waals surface area contributed by atoms with Gasteiger partial charge in [0.05, 0.1) is 33.5 Å². The van der Waals surface area contributed by atoms with Gasteiger partial charge in [-0.15, -0.1) is 0 Å². The fourth-order valence-electron chi connectivity index (χ4n) is 2.60. The molecule has 2 aromatic rings. The van der Waals surface area contributed by atoms with Crippen molar-refractivity contribution in [2.75, 3.05) is 5.73 Å². The normalized spacial score (nSPS) is 10.2. The quantitative estimate of drug-likeness (QED) is 0.364. The monoisotopic (exact) mass is 373 g/mol. The fraction of sp³-hybridized carbons (Fsp3) is 0. The van der Waals surface area contributed by atoms with Crippen molar-refractivity contribution in [2.24, 2.45) is 0 Å². The summed E-state index contributed by atoms with van der Waals surface area (Å²) in [5.41, 5.74) is -1.35. The molecule has 10 nitrogen and oxygen atoms in total. The molecule has 2 aromatic carbocycles. The Hall–Kier alpha value is -4.21. The smallest absolute Gasteiger partial charge is 0.338 e. The summed E-state index contributed by atoms with van der Waals surface area (Å²) in [6.07, 6.45) is 0. The molecule has 10 heteroatoms. The van der Waals surface area contributed by atoms with Crippen molar-refractivity contribution in [1.29, 1.82) is 0 Å². The number of aromatic carboxylic acids is 4. The standard InChI is InChI=1S/C17H11NO9/c18-12-10(13(19)6-4-2-1-3-5-6)8(15(22)23)7(14(20)21)9(16(24)25)11(12)17(26)27/h1-5H,18H2,(H,20,21)(H,22,23)(H,24,25)(H,26,27). The highest BCUT2D eigenvalue weighted by Crippen LogP contribution is 2.33. The number of nitrogen functional groups attached to an aromatic ring is 1. The first-order valence-corrected chi connectivity index (χ1v) is 7.11. The van der Waals surface area contributed by atoms with E-state index in [1.165, 1.54) is 24.3 Å². The second-order valence-electron chi connectivity index (χ2n) is 5.20. The zero-order chi connectivity index (χ0) is 20.5. The average molecular weight is 373 g/mol. The number of anilines is 1. The highest BCUT2D eigenvalue weighted by Gasteiger charge is 2.37. The van der Waals surface area contributed by atoms with Crippen LogP contribution in [0.4, 0.5) is 5.69 Å². The molecule has 0 atom stereocenters. The van der Waals surface area contributed by atoms with Crippen molar-refractivity contribution in [1.82, 2.24) is 0 Å². The van der Waals surface area contributed by atoms with Gasteiger partial charge in [-0.2, -0.15) is 0 Å². The number of nitrogens with two attached hydrogens (primary N) is 1. The molecular weight excluding hydrogens is 362 g/mol. The number of carboxylic acids is 4. The van der Waals surface area contributed by atoms with Gasteiger partial charge in [0.25, 0.3) is 0 Å². The fourth-order valence-corrected chi connectivity index (χ4v) is 2.60. The Morgan fingerprint density at radius 2 is 0.963 bits per heavy atom. The van der Waals surface area contributed by atoms with E-state index in [2.05, 4.69) is 0 Å². The van der Waals surface area contributed by atoms with Crippen LogP contribution in [0.1, 0.15) is 57.4 Å². The third kappa shape index (κ3) is 3.18. The van der Waals surface area contributed by atoms with E-state index in [1.54, 1.807) is 6.07 Å². The minimum atomic E-state index is -2.03. The van der Waals surface area contributed by atoms with Gasteiger partial charge in [0.1, 0.15) is 0 Å². The van der Waals surface area contributed by atoms with Crippen LogP contribution < -0.4 is 5.73 Å². The van der Waals surface area contributed by atoms with E-state index in [0.717, 1.165) is 0 Å². The lowest BCUT2D eigenvalue weighted by molar-refractivity contribution is 0.0619. The van der Waals surface area contributed by atoms with Crippen LogP contribution in [-0.2, 0) is 0 Å². The molecular formula is C17H11NO9. The third-order valence-electron chi connectivity index (χ3n) is 3.66. The highest BCUT2D eigenvalue weighted by molar-refractivity contribution is 6.25. The number of hydrogen-bond donors (Lipinski definition) is 5. The molecule has 0 aliphatic carbocycles. The minimum absolute atomic E-state index is 0.0950. The first kappa shape index (κ1) is 19.1. The van der Waals surface area contributed by atoms with Crippen molar-refractivity contribution < 1.29 is 44.4 Å². The van der Waals surface area contributed by atoms with E-state index in [0.29, 0.717) is 0 Å². The molecule has 0 aliphatic heterocycles. The number of ketones is 1. The number of hydrogen-bond acceptors (Lipinski definition) is 6. The van der Waals surface area contributed by atoms with Crippen molar-refractivity contribution in [3.8, 4) is 0 Å². The predicted molar refractivity (Wildman–Crippen MR) is 88.6 cm³/mol. The van der Waals surface area contributed by atoms with Crippen molar-refractivity contribution >= 4 is 35.3 Å². The number of carbonyl (C=O) groups is 5. The Bertz CT molecular complexity index is 1010. The van der Waals surface area contributed by atoms with E-state index in [9.17, 15) is 44.4 Å². The number of rotatable bonds is 6. The van der Waals surface area contributed by atoms with E-state index in [-0.39, 0.29) is 5.56 Å². The maximum absolute atomic E-state index is 12.7. The maximum atomic E-state index is 12.7. The Morgan fingerprint density at radius 3 is 1.37 bits per heavy atom. The van der Waals surface area contributed by atoms with Gasteiger partial charge in [-0.1, -0.05) is 30.3 Å². The van der Waals surface area contributed by atoms with Crippen molar-refractivity contribution in [3.63, 3.8) is 0 Å². The molecule has 0 spiro atoms. The zero-order valence-electron chi connectivity index (χ0n) is 13.3. The van der Waals surface area contributed by atoms with Gasteiger partial charge in [0.2, 0.25) is 0 Å². The Morgan fingerprint density at radius 1 is 0.593 bits per heavy atom. The molecule has 2 rings (SSSR count). The van der Waals surface area contributed by atoms with E-state index in [4.69, 9.17) is 5.73 Å². The van der Waals surface area contributed by atoms with Gasteiger partial charge in [-0.3, -0.25) is 4.79 Å². The molecule has 0 bridgehead atoms. The van der Waals surface area contributed by atoms with Crippen LogP contribution in [0.3, 0.4) is 0 Å². The molecule has 0 fully saturated rings. The molecule has 0 saturated heterocycles.